The fraction of sp³-hybridized carbons (Fsp3) is 0.213. The van der Waals surface area contributed by atoms with Crippen LogP contribution in [-0.4, -0.2) is 66.4 Å². The molecule has 14 aromatic carbocycles. The lowest BCUT2D eigenvalue weighted by Crippen LogP contribution is -2.16. The second kappa shape index (κ2) is 59.9. The molecular formula is C108H114Cl4F5N7O8. The van der Waals surface area contributed by atoms with Crippen LogP contribution in [0.5, 0.6) is 40.2 Å². The van der Waals surface area contributed by atoms with E-state index in [2.05, 4.69) is 34.9 Å². The third-order valence-corrected chi connectivity index (χ3v) is 20.7. The molecule has 14 aromatic rings. The molecule has 0 heterocycles. The van der Waals surface area contributed by atoms with Gasteiger partial charge in [-0.25, -0.2) is 22.0 Å². The first-order valence-electron chi connectivity index (χ1n) is 43.2. The molecule has 6 unspecified atom stereocenters. The summed E-state index contributed by atoms with van der Waals surface area (Å²) in [5.41, 5.74) is 35.0. The second-order valence-electron chi connectivity index (χ2n) is 29.8. The first-order valence-corrected chi connectivity index (χ1v) is 44.7. The summed E-state index contributed by atoms with van der Waals surface area (Å²) < 4.78 is 107. The van der Waals surface area contributed by atoms with Gasteiger partial charge in [0.15, 0.2) is 11.5 Å². The topological polar surface area (TPSA) is 236 Å². The molecule has 0 aliphatic rings. The first-order chi connectivity index (χ1) is 64.2. The molecule has 0 aliphatic heterocycles. The molecular weight excluding hydrogens is 1760 g/mol. The van der Waals surface area contributed by atoms with Crippen LogP contribution in [0.4, 0.5) is 22.0 Å². The van der Waals surface area contributed by atoms with Crippen LogP contribution in [0.3, 0.4) is 0 Å². The Morgan fingerprint density at radius 3 is 0.856 bits per heavy atom. The number of carbonyl (C=O) groups is 1. The predicted octanol–water partition coefficient (Wildman–Crippen LogP) is 25.5. The highest BCUT2D eigenvalue weighted by atomic mass is 35.5. The molecule has 24 heteroatoms. The van der Waals surface area contributed by atoms with Crippen molar-refractivity contribution in [2.24, 2.45) is 28.7 Å². The van der Waals surface area contributed by atoms with Gasteiger partial charge in [0.1, 0.15) is 94.5 Å². The second-order valence-corrected chi connectivity index (χ2v) is 31.5. The lowest BCUT2D eigenvalue weighted by molar-refractivity contribution is -0.118. The van der Waals surface area contributed by atoms with Crippen molar-refractivity contribution in [2.45, 2.75) is 87.5 Å². The molecule has 0 aliphatic carbocycles. The SMILES string of the molecule is CNCCC(Oc1cccc(F)c1)c1cccc(F)c1.CNCCC(Oc1ccccc1OC)c1ccccc1.NC(=O)CC(c1cccc(F)c1)c1cccc(F)c1.NCCC(Oc1cccc(Cl)c1)c1cccc(Cl)c1.NCCC(Oc1cccc(F)c1)c1cccc(Cl)c1.NCCC(Oc1ccccc1)c1cccc(Cl)c1.NCCC(Oc1ccccc1)c1ccccc1. The van der Waals surface area contributed by atoms with Gasteiger partial charge in [-0.1, -0.05) is 247 Å². The van der Waals surface area contributed by atoms with E-state index in [1.807, 2.05) is 226 Å². The molecule has 12 N–H and O–H groups in total. The number of hydrogen-bond acceptors (Lipinski definition) is 14. The Hall–Kier alpha value is -12.3. The van der Waals surface area contributed by atoms with E-state index < -0.39 is 23.5 Å². The van der Waals surface area contributed by atoms with Crippen LogP contribution in [0.25, 0.3) is 0 Å². The standard InChI is InChI=1S/C17H21NO2.C16H17F2NO.C15H15Cl2NO.C15H15ClFNO.C15H16ClNO.C15H13F2NO.C15H17NO/c1-18-13-12-15(14-8-4-3-5-9-14)20-17-11-7-6-10-16(17)19-2;1-19-9-8-16(12-4-2-5-13(17)10-12)20-15-7-3-6-14(18)11-15;2*16-12-4-1-3-11(9-12)15(7-8-18)19-14-6-2-5-13(17)10-14;16-13-6-4-5-12(11-13)15(9-10-17)18-14-7-2-1-3-8-14;16-12-5-1-3-10(7-12)14(9-15(18)19)11-4-2-6-13(17)8-11;16-12-11-15(13-7-3-1-4-8-13)17-14-9-5-2-6-10-14/h3-11,15,18H,12-13H2,1-2H3;2-7,10-11,16,19H,8-9H2,1H3;2*1-6,9-10,15H,7-8,18H2;1-8,11,15H,9-10,17H2;1-8,14H,9H2,(H2,18,19);1-10,15H,11-12,16H2. The van der Waals surface area contributed by atoms with Gasteiger partial charge in [0.2, 0.25) is 5.91 Å². The third kappa shape index (κ3) is 39.0. The molecule has 1 amide bonds. The number of benzene rings is 14. The smallest absolute Gasteiger partial charge is 0.218 e. The van der Waals surface area contributed by atoms with Gasteiger partial charge in [-0.15, -0.1) is 0 Å². The van der Waals surface area contributed by atoms with Crippen LogP contribution < -0.4 is 72.5 Å². The van der Waals surface area contributed by atoms with Crippen molar-refractivity contribution in [3.63, 3.8) is 0 Å². The van der Waals surface area contributed by atoms with Crippen molar-refractivity contribution in [3.05, 3.63) is 458 Å². The molecule has 0 aromatic heterocycles. The number of primary amides is 1. The zero-order chi connectivity index (χ0) is 94.5. The molecule has 15 nitrogen and oxygen atoms in total. The molecule has 692 valence electrons. The Morgan fingerprint density at radius 2 is 0.530 bits per heavy atom. The lowest BCUT2D eigenvalue weighted by atomic mass is 9.88. The maximum atomic E-state index is 13.3. The summed E-state index contributed by atoms with van der Waals surface area (Å²) in [4.78, 5) is 11.2. The highest BCUT2D eigenvalue weighted by Gasteiger charge is 2.22. The van der Waals surface area contributed by atoms with E-state index >= 15 is 0 Å². The summed E-state index contributed by atoms with van der Waals surface area (Å²) in [6.45, 7) is 3.83. The highest BCUT2D eigenvalue weighted by molar-refractivity contribution is 6.31. The molecule has 0 bridgehead atoms. The number of nitrogens with one attached hydrogen (secondary N) is 2. The van der Waals surface area contributed by atoms with Crippen molar-refractivity contribution in [1.82, 2.24) is 10.6 Å². The molecule has 14 rings (SSSR count). The van der Waals surface area contributed by atoms with E-state index in [9.17, 15) is 26.7 Å². The number of ether oxygens (including phenoxy) is 7. The van der Waals surface area contributed by atoms with Crippen LogP contribution >= 0.6 is 46.4 Å². The fourth-order valence-electron chi connectivity index (χ4n) is 13.5. The van der Waals surface area contributed by atoms with Gasteiger partial charge in [0.05, 0.1) is 7.11 Å². The van der Waals surface area contributed by atoms with Crippen molar-refractivity contribution in [3.8, 4) is 40.2 Å². The van der Waals surface area contributed by atoms with E-state index in [4.69, 9.17) is 108 Å². The zero-order valence-electron chi connectivity index (χ0n) is 73.9. The van der Waals surface area contributed by atoms with Crippen molar-refractivity contribution >= 4 is 52.3 Å². The van der Waals surface area contributed by atoms with Gasteiger partial charge in [-0.2, -0.15) is 0 Å². The normalized spacial score (nSPS) is 11.9. The van der Waals surface area contributed by atoms with E-state index in [1.54, 1.807) is 73.8 Å². The number of rotatable bonds is 37. The highest BCUT2D eigenvalue weighted by Crippen LogP contribution is 2.36. The van der Waals surface area contributed by atoms with Crippen LogP contribution in [-0.2, 0) is 4.79 Å². The number of hydrogen-bond donors (Lipinski definition) is 7. The molecule has 0 saturated heterocycles. The predicted molar refractivity (Wildman–Crippen MR) is 524 cm³/mol. The quantitative estimate of drug-likeness (QED) is 0.0179. The Morgan fingerprint density at radius 1 is 0.280 bits per heavy atom. The van der Waals surface area contributed by atoms with E-state index in [-0.39, 0.29) is 60.5 Å². The minimum absolute atomic E-state index is 0.00685. The summed E-state index contributed by atoms with van der Waals surface area (Å²) in [6.07, 6.45) is 3.81. The molecule has 0 spiro atoms. The zero-order valence-corrected chi connectivity index (χ0v) is 77.0. The van der Waals surface area contributed by atoms with Crippen molar-refractivity contribution in [2.75, 3.05) is 60.5 Å². The number of carbonyl (C=O) groups excluding carboxylic acids is 1. The molecule has 6 atom stereocenters. The van der Waals surface area contributed by atoms with Crippen LogP contribution in [0, 0.1) is 29.1 Å². The van der Waals surface area contributed by atoms with Gasteiger partial charge in [-0.05, 0) is 250 Å². The summed E-state index contributed by atoms with van der Waals surface area (Å²) in [5, 5.41) is 8.90. The summed E-state index contributed by atoms with van der Waals surface area (Å²) >= 11 is 23.9. The average molecular weight is 1870 g/mol. The number of nitrogens with two attached hydrogens (primary N) is 5. The van der Waals surface area contributed by atoms with Crippen molar-refractivity contribution < 1.29 is 59.9 Å². The summed E-state index contributed by atoms with van der Waals surface area (Å²) in [7, 11) is 5.45. The fourth-order valence-corrected chi connectivity index (χ4v) is 14.2. The number of methoxy groups -OCH3 is 1. The van der Waals surface area contributed by atoms with E-state index in [1.165, 1.54) is 71.8 Å². The summed E-state index contributed by atoms with van der Waals surface area (Å²) in [6, 6.07) is 108. The monoisotopic (exact) mass is 1870 g/mol. The largest absolute Gasteiger partial charge is 0.493 e. The van der Waals surface area contributed by atoms with Crippen LogP contribution in [0.1, 0.15) is 132 Å². The minimum atomic E-state index is -0.515. The van der Waals surface area contributed by atoms with E-state index in [0.29, 0.717) is 88.2 Å². The Bertz CT molecular complexity index is 5460. The molecule has 0 saturated carbocycles. The number of halogens is 9. The van der Waals surface area contributed by atoms with Gasteiger partial charge in [0.25, 0.3) is 0 Å². The maximum Gasteiger partial charge on any atom is 0.218 e. The van der Waals surface area contributed by atoms with E-state index in [0.717, 1.165) is 83.4 Å². The Labute approximate surface area is 792 Å². The maximum absolute atomic E-state index is 13.3. The summed E-state index contributed by atoms with van der Waals surface area (Å²) in [5.74, 6) is 2.18. The average Bonchev–Trinajstić information content (AvgIpc) is 0.823. The van der Waals surface area contributed by atoms with Crippen LogP contribution in [0.15, 0.2) is 364 Å². The number of para-hydroxylation sites is 4. The van der Waals surface area contributed by atoms with Gasteiger partial charge < -0.3 is 72.5 Å². The van der Waals surface area contributed by atoms with Gasteiger partial charge >= 0.3 is 0 Å². The minimum Gasteiger partial charge on any atom is -0.493 e. The Balaban J connectivity index is 0.000000190. The first kappa shape index (κ1) is 105. The van der Waals surface area contributed by atoms with Crippen molar-refractivity contribution in [1.29, 1.82) is 0 Å². The van der Waals surface area contributed by atoms with Gasteiger partial charge in [0, 0.05) is 83.1 Å². The lowest BCUT2D eigenvalue weighted by Gasteiger charge is -2.21. The molecule has 0 radical (unpaired) electrons. The molecule has 0 fully saturated rings. The molecule has 132 heavy (non-hydrogen) atoms. The van der Waals surface area contributed by atoms with Gasteiger partial charge in [-0.3, -0.25) is 4.79 Å². The third-order valence-electron chi connectivity index (χ3n) is 19.8. The number of amides is 1. The van der Waals surface area contributed by atoms with Crippen LogP contribution in [0.2, 0.25) is 20.1 Å². The Kier molecular flexibility index (Phi) is 47.7.